The molecular weight excluding hydrogens is 325 g/mol. The lowest BCUT2D eigenvalue weighted by Crippen LogP contribution is -2.45. The summed E-state index contributed by atoms with van der Waals surface area (Å²) in [6.07, 6.45) is 4.85. The van der Waals surface area contributed by atoms with Crippen molar-refractivity contribution in [3.05, 3.63) is 53.6 Å². The van der Waals surface area contributed by atoms with E-state index in [0.717, 1.165) is 18.7 Å². The maximum Gasteiger partial charge on any atom is 0.0422 e. The number of benzene rings is 2. The van der Waals surface area contributed by atoms with E-state index in [4.69, 9.17) is 5.73 Å². The van der Waals surface area contributed by atoms with Gasteiger partial charge in [0.15, 0.2) is 0 Å². The van der Waals surface area contributed by atoms with Crippen LogP contribution in [0.1, 0.15) is 24.0 Å². The molecule has 1 unspecified atom stereocenters. The van der Waals surface area contributed by atoms with Crippen LogP contribution in [0.25, 0.3) is 0 Å². The van der Waals surface area contributed by atoms with E-state index in [1.54, 1.807) is 0 Å². The van der Waals surface area contributed by atoms with Gasteiger partial charge in [0.2, 0.25) is 0 Å². The van der Waals surface area contributed by atoms with Crippen molar-refractivity contribution >= 4 is 25.9 Å². The molecule has 4 rings (SSSR count). The SMILES string of the molecule is Nc1ccc2c(c1)N(C1CCN(CCc3ccc(P)cc3)CC1)CC2. The lowest BCUT2D eigenvalue weighted by Gasteiger charge is -2.38. The molecule has 0 bridgehead atoms. The highest BCUT2D eigenvalue weighted by atomic mass is 31.0. The first-order chi connectivity index (χ1) is 12.2. The normalized spacial score (nSPS) is 18.5. The van der Waals surface area contributed by atoms with Crippen molar-refractivity contribution in [2.75, 3.05) is 36.8 Å². The molecule has 4 heteroatoms. The van der Waals surface area contributed by atoms with E-state index in [9.17, 15) is 0 Å². The number of hydrogen-bond donors (Lipinski definition) is 1. The Kier molecular flexibility index (Phi) is 4.96. The first-order valence-electron chi connectivity index (χ1n) is 9.41. The Morgan fingerprint density at radius 1 is 1.00 bits per heavy atom. The lowest BCUT2D eigenvalue weighted by molar-refractivity contribution is 0.212. The van der Waals surface area contributed by atoms with E-state index < -0.39 is 0 Å². The van der Waals surface area contributed by atoms with Crippen molar-refractivity contribution in [3.63, 3.8) is 0 Å². The summed E-state index contributed by atoms with van der Waals surface area (Å²) < 4.78 is 0. The molecule has 2 aromatic carbocycles. The molecule has 2 aliphatic rings. The van der Waals surface area contributed by atoms with E-state index in [1.165, 1.54) is 61.0 Å². The van der Waals surface area contributed by atoms with Crippen molar-refractivity contribution in [3.8, 4) is 0 Å². The first kappa shape index (κ1) is 16.9. The predicted molar refractivity (Wildman–Crippen MR) is 111 cm³/mol. The Morgan fingerprint density at radius 2 is 1.76 bits per heavy atom. The standard InChI is InChI=1S/C21H28N3P/c22-18-4-3-17-8-14-24(21(17)15-18)19-9-12-23(13-10-19)11-7-16-1-5-20(25)6-2-16/h1-6,15,19H,7-14,22,25H2. The topological polar surface area (TPSA) is 32.5 Å². The number of nitrogens with zero attached hydrogens (tertiary/aromatic N) is 2. The van der Waals surface area contributed by atoms with Crippen LogP contribution in [0.15, 0.2) is 42.5 Å². The van der Waals surface area contributed by atoms with Crippen LogP contribution in [0.2, 0.25) is 0 Å². The minimum atomic E-state index is 0.677. The average Bonchev–Trinajstić information content (AvgIpc) is 3.05. The molecule has 0 radical (unpaired) electrons. The maximum absolute atomic E-state index is 6.01. The second-order valence-corrected chi connectivity index (χ2v) is 8.06. The van der Waals surface area contributed by atoms with Gasteiger partial charge in [-0.05, 0) is 54.2 Å². The summed E-state index contributed by atoms with van der Waals surface area (Å²) in [5.41, 5.74) is 11.2. The van der Waals surface area contributed by atoms with Crippen molar-refractivity contribution in [2.45, 2.75) is 31.7 Å². The van der Waals surface area contributed by atoms with Crippen LogP contribution in [-0.2, 0) is 12.8 Å². The summed E-state index contributed by atoms with van der Waals surface area (Å²) >= 11 is 0. The third kappa shape index (κ3) is 3.83. The van der Waals surface area contributed by atoms with Crippen LogP contribution in [0, 0.1) is 0 Å². The summed E-state index contributed by atoms with van der Waals surface area (Å²) in [4.78, 5) is 5.24. The minimum absolute atomic E-state index is 0.677. The molecule has 1 saturated heterocycles. The molecule has 0 saturated carbocycles. The highest BCUT2D eigenvalue weighted by Gasteiger charge is 2.29. The molecule has 25 heavy (non-hydrogen) atoms. The fraction of sp³-hybridized carbons (Fsp3) is 0.429. The minimum Gasteiger partial charge on any atom is -0.399 e. The molecule has 3 nitrogen and oxygen atoms in total. The van der Waals surface area contributed by atoms with Gasteiger partial charge in [-0.1, -0.05) is 30.3 Å². The Morgan fingerprint density at radius 3 is 2.52 bits per heavy atom. The smallest absolute Gasteiger partial charge is 0.0422 e. The molecule has 0 aliphatic carbocycles. The zero-order valence-electron chi connectivity index (χ0n) is 14.8. The molecule has 0 spiro atoms. The lowest BCUT2D eigenvalue weighted by atomic mass is 10.0. The third-order valence-electron chi connectivity index (χ3n) is 5.74. The third-order valence-corrected chi connectivity index (χ3v) is 6.12. The van der Waals surface area contributed by atoms with Crippen LogP contribution < -0.4 is 15.9 Å². The number of anilines is 2. The van der Waals surface area contributed by atoms with Crippen molar-refractivity contribution in [1.29, 1.82) is 0 Å². The van der Waals surface area contributed by atoms with Gasteiger partial charge >= 0.3 is 0 Å². The first-order valence-corrected chi connectivity index (χ1v) is 9.98. The zero-order chi connectivity index (χ0) is 17.2. The van der Waals surface area contributed by atoms with Crippen LogP contribution in [0.5, 0.6) is 0 Å². The van der Waals surface area contributed by atoms with E-state index in [1.807, 2.05) is 6.07 Å². The number of rotatable bonds is 4. The van der Waals surface area contributed by atoms with E-state index >= 15 is 0 Å². The fourth-order valence-electron chi connectivity index (χ4n) is 4.23. The number of nitrogen functional groups attached to an aromatic ring is 1. The molecule has 2 N–H and O–H groups in total. The van der Waals surface area contributed by atoms with Gasteiger partial charge in [0.1, 0.15) is 0 Å². The quantitative estimate of drug-likeness (QED) is 0.678. The molecule has 0 amide bonds. The molecule has 2 aliphatic heterocycles. The Labute approximate surface area is 153 Å². The highest BCUT2D eigenvalue weighted by Crippen LogP contribution is 2.34. The number of piperidine rings is 1. The van der Waals surface area contributed by atoms with Gasteiger partial charge in [0.05, 0.1) is 0 Å². The summed E-state index contributed by atoms with van der Waals surface area (Å²) in [5, 5.41) is 1.26. The van der Waals surface area contributed by atoms with Gasteiger partial charge < -0.3 is 15.5 Å². The van der Waals surface area contributed by atoms with E-state index in [2.05, 4.69) is 55.4 Å². The van der Waals surface area contributed by atoms with Crippen molar-refractivity contribution in [1.82, 2.24) is 4.90 Å². The Balaban J connectivity index is 1.30. The van der Waals surface area contributed by atoms with Crippen LogP contribution in [0.4, 0.5) is 11.4 Å². The predicted octanol–water partition coefficient (Wildman–Crippen LogP) is 2.84. The van der Waals surface area contributed by atoms with Gasteiger partial charge in [-0.15, -0.1) is 9.24 Å². The molecule has 0 aromatic heterocycles. The molecule has 1 fully saturated rings. The second kappa shape index (κ2) is 7.35. The van der Waals surface area contributed by atoms with Crippen LogP contribution >= 0.6 is 9.24 Å². The summed E-state index contributed by atoms with van der Waals surface area (Å²) in [6.45, 7) is 4.75. The monoisotopic (exact) mass is 353 g/mol. The van der Waals surface area contributed by atoms with Crippen LogP contribution in [0.3, 0.4) is 0 Å². The highest BCUT2D eigenvalue weighted by molar-refractivity contribution is 7.27. The molecular formula is C21H28N3P. The molecule has 132 valence electrons. The van der Waals surface area contributed by atoms with Crippen LogP contribution in [-0.4, -0.2) is 37.1 Å². The van der Waals surface area contributed by atoms with Gasteiger partial charge in [0, 0.05) is 43.6 Å². The van der Waals surface area contributed by atoms with Crippen molar-refractivity contribution < 1.29 is 0 Å². The van der Waals surface area contributed by atoms with Gasteiger partial charge in [-0.25, -0.2) is 0 Å². The Hall–Kier alpha value is -1.57. The summed E-state index contributed by atoms with van der Waals surface area (Å²) in [7, 11) is 2.75. The second-order valence-electron chi connectivity index (χ2n) is 7.40. The zero-order valence-corrected chi connectivity index (χ0v) is 16.0. The number of hydrogen-bond acceptors (Lipinski definition) is 3. The van der Waals surface area contributed by atoms with Gasteiger partial charge in [-0.3, -0.25) is 0 Å². The summed E-state index contributed by atoms with van der Waals surface area (Å²) in [6, 6.07) is 16.0. The van der Waals surface area contributed by atoms with E-state index in [-0.39, 0.29) is 0 Å². The van der Waals surface area contributed by atoms with E-state index in [0.29, 0.717) is 6.04 Å². The maximum atomic E-state index is 6.01. The Bertz CT molecular complexity index is 720. The summed E-state index contributed by atoms with van der Waals surface area (Å²) in [5.74, 6) is 0. The van der Waals surface area contributed by atoms with Gasteiger partial charge in [0.25, 0.3) is 0 Å². The average molecular weight is 353 g/mol. The number of likely N-dealkylation sites (tertiary alicyclic amines) is 1. The molecule has 2 aromatic rings. The molecule has 1 atom stereocenters. The van der Waals surface area contributed by atoms with Gasteiger partial charge in [-0.2, -0.15) is 0 Å². The number of nitrogens with two attached hydrogens (primary N) is 1. The van der Waals surface area contributed by atoms with Crippen molar-refractivity contribution in [2.24, 2.45) is 0 Å². The fourth-order valence-corrected chi connectivity index (χ4v) is 4.42. The molecule has 2 heterocycles. The number of fused-ring (bicyclic) bond motifs is 1. The largest absolute Gasteiger partial charge is 0.399 e.